The number of nitrogens with two attached hydrogens (primary N) is 1. The molecule has 1 aromatic rings. The second-order valence-corrected chi connectivity index (χ2v) is 7.75. The minimum atomic E-state index is -3.93. The van der Waals surface area contributed by atoms with Crippen LogP contribution in [0.25, 0.3) is 0 Å². The van der Waals surface area contributed by atoms with Crippen LogP contribution < -0.4 is 15.8 Å². The number of hydrogen-bond acceptors (Lipinski definition) is 5. The summed E-state index contributed by atoms with van der Waals surface area (Å²) in [5.74, 6) is -3.56. The summed E-state index contributed by atoms with van der Waals surface area (Å²) >= 11 is 1.41. The predicted octanol–water partition coefficient (Wildman–Crippen LogP) is 1.22. The van der Waals surface area contributed by atoms with Crippen LogP contribution in [0.5, 0.6) is 0 Å². The van der Waals surface area contributed by atoms with Crippen LogP contribution in [0.3, 0.4) is 0 Å². The number of nitrogens with one attached hydrogen (secondary N) is 2. The van der Waals surface area contributed by atoms with Crippen molar-refractivity contribution in [2.24, 2.45) is 5.73 Å². The Kier molecular flexibility index (Phi) is 10.5. The molecule has 1 unspecified atom stereocenters. The predicted molar refractivity (Wildman–Crippen MR) is 97.8 cm³/mol. The molecule has 0 aliphatic rings. The molecule has 0 radical (unpaired) electrons. The lowest BCUT2D eigenvalue weighted by Gasteiger charge is -2.20. The lowest BCUT2D eigenvalue weighted by Crippen LogP contribution is -2.50. The smallest absolute Gasteiger partial charge is 0.277 e. The van der Waals surface area contributed by atoms with Crippen LogP contribution in [0.2, 0.25) is 0 Å². The van der Waals surface area contributed by atoms with E-state index in [0.717, 1.165) is 0 Å². The van der Waals surface area contributed by atoms with Gasteiger partial charge >= 0.3 is 0 Å². The number of alkyl halides is 2. The first-order valence-corrected chi connectivity index (χ1v) is 10.0. The highest BCUT2D eigenvalue weighted by Gasteiger charge is 2.30. The van der Waals surface area contributed by atoms with Gasteiger partial charge in [-0.25, -0.2) is 17.2 Å². The summed E-state index contributed by atoms with van der Waals surface area (Å²) in [5, 5.41) is 2.05. The average molecular weight is 418 g/mol. The van der Waals surface area contributed by atoms with Gasteiger partial charge in [0.05, 0.1) is 18.0 Å². The van der Waals surface area contributed by atoms with Gasteiger partial charge in [0.2, 0.25) is 15.9 Å². The number of hydrogen-bond donors (Lipinski definition) is 3. The van der Waals surface area contributed by atoms with Gasteiger partial charge in [0.25, 0.3) is 5.92 Å². The number of amides is 1. The number of rotatable bonds is 10. The van der Waals surface area contributed by atoms with Crippen LogP contribution >= 0.6 is 24.2 Å². The third-order valence-corrected chi connectivity index (χ3v) is 5.23. The summed E-state index contributed by atoms with van der Waals surface area (Å²) in [6.07, 6.45) is 1.97. The highest BCUT2D eigenvalue weighted by atomic mass is 35.5. The molecule has 0 saturated heterocycles. The van der Waals surface area contributed by atoms with Crippen molar-refractivity contribution in [2.75, 3.05) is 25.1 Å². The van der Waals surface area contributed by atoms with E-state index in [2.05, 4.69) is 10.0 Å². The first kappa shape index (κ1) is 24.1. The number of carbonyl (C=O) groups excluding carboxylic acids is 1. The summed E-state index contributed by atoms with van der Waals surface area (Å²) in [5.41, 5.74) is 4.91. The minimum absolute atomic E-state index is 0. The normalized spacial score (nSPS) is 13.0. The summed E-state index contributed by atoms with van der Waals surface area (Å²) in [7, 11) is -3.93. The van der Waals surface area contributed by atoms with Crippen molar-refractivity contribution in [1.82, 2.24) is 10.0 Å². The molecule has 25 heavy (non-hydrogen) atoms. The van der Waals surface area contributed by atoms with E-state index in [1.165, 1.54) is 23.9 Å². The van der Waals surface area contributed by atoms with Gasteiger partial charge in [-0.15, -0.1) is 12.4 Å². The van der Waals surface area contributed by atoms with Gasteiger partial charge in [-0.1, -0.05) is 18.2 Å². The van der Waals surface area contributed by atoms with Gasteiger partial charge in [0.1, 0.15) is 6.04 Å². The Balaban J connectivity index is 0.00000576. The second-order valence-electron chi connectivity index (χ2n) is 5.05. The Morgan fingerprint density at radius 2 is 1.92 bits per heavy atom. The van der Waals surface area contributed by atoms with Crippen LogP contribution in [0.1, 0.15) is 6.42 Å². The first-order chi connectivity index (χ1) is 11.2. The summed E-state index contributed by atoms with van der Waals surface area (Å²) in [4.78, 5) is 12.1. The van der Waals surface area contributed by atoms with Crippen LogP contribution in [0.4, 0.5) is 8.78 Å². The Bertz CT molecular complexity index is 633. The molecule has 0 fully saturated rings. The molecule has 0 heterocycles. The Hall–Kier alpha value is -0.940. The van der Waals surface area contributed by atoms with Crippen LogP contribution in [0.15, 0.2) is 35.2 Å². The van der Waals surface area contributed by atoms with E-state index in [0.29, 0.717) is 5.75 Å². The number of halogens is 3. The quantitative estimate of drug-likeness (QED) is 0.531. The maximum Gasteiger partial charge on any atom is 0.277 e. The SMILES string of the molecule is CSCCC(NS(=O)(=O)c1ccccc1)C(=O)NCC(F)(F)CN.Cl. The molecule has 144 valence electrons. The molecule has 0 aliphatic carbocycles. The zero-order chi connectivity index (χ0) is 18.2. The highest BCUT2D eigenvalue weighted by Crippen LogP contribution is 2.12. The molecule has 1 amide bonds. The summed E-state index contributed by atoms with van der Waals surface area (Å²) in [6.45, 7) is -1.84. The van der Waals surface area contributed by atoms with Gasteiger partial charge in [-0.05, 0) is 30.6 Å². The van der Waals surface area contributed by atoms with Gasteiger partial charge in [0, 0.05) is 0 Å². The molecule has 0 bridgehead atoms. The van der Waals surface area contributed by atoms with E-state index in [9.17, 15) is 22.0 Å². The second kappa shape index (κ2) is 10.9. The fourth-order valence-electron chi connectivity index (χ4n) is 1.75. The number of carbonyl (C=O) groups is 1. The molecule has 1 atom stereocenters. The van der Waals surface area contributed by atoms with Gasteiger partial charge in [-0.3, -0.25) is 4.79 Å². The highest BCUT2D eigenvalue weighted by molar-refractivity contribution is 7.98. The van der Waals surface area contributed by atoms with Gasteiger partial charge in [-0.2, -0.15) is 16.5 Å². The molecule has 4 N–H and O–H groups in total. The van der Waals surface area contributed by atoms with Crippen molar-refractivity contribution in [3.8, 4) is 0 Å². The molecule has 0 saturated carbocycles. The number of thioether (sulfide) groups is 1. The molecule has 0 spiro atoms. The number of sulfonamides is 1. The fourth-order valence-corrected chi connectivity index (χ4v) is 3.47. The molecule has 1 aromatic carbocycles. The first-order valence-electron chi connectivity index (χ1n) is 7.14. The fraction of sp³-hybridized carbons (Fsp3) is 0.500. The third-order valence-electron chi connectivity index (χ3n) is 3.10. The van der Waals surface area contributed by atoms with Crippen LogP contribution in [-0.4, -0.2) is 51.4 Å². The maximum absolute atomic E-state index is 13.1. The van der Waals surface area contributed by atoms with Gasteiger partial charge < -0.3 is 11.1 Å². The van der Waals surface area contributed by atoms with Crippen molar-refractivity contribution in [2.45, 2.75) is 23.3 Å². The van der Waals surface area contributed by atoms with Crippen molar-refractivity contribution < 1.29 is 22.0 Å². The van der Waals surface area contributed by atoms with Crippen LogP contribution in [0, 0.1) is 0 Å². The Morgan fingerprint density at radius 3 is 2.44 bits per heavy atom. The van der Waals surface area contributed by atoms with Crippen molar-refractivity contribution in [1.29, 1.82) is 0 Å². The Labute approximate surface area is 156 Å². The topological polar surface area (TPSA) is 101 Å². The van der Waals surface area contributed by atoms with Crippen molar-refractivity contribution in [3.05, 3.63) is 30.3 Å². The van der Waals surface area contributed by atoms with Gasteiger partial charge in [0.15, 0.2) is 0 Å². The van der Waals surface area contributed by atoms with Crippen molar-refractivity contribution >= 4 is 40.1 Å². The monoisotopic (exact) mass is 417 g/mol. The molecular formula is C14H22ClF2N3O3S2. The lowest BCUT2D eigenvalue weighted by atomic mass is 10.2. The molecule has 1 rings (SSSR count). The zero-order valence-electron chi connectivity index (χ0n) is 13.6. The van der Waals surface area contributed by atoms with E-state index in [-0.39, 0.29) is 23.7 Å². The molecule has 6 nitrogen and oxygen atoms in total. The maximum atomic E-state index is 13.1. The van der Waals surface area contributed by atoms with E-state index in [4.69, 9.17) is 5.73 Å². The van der Waals surface area contributed by atoms with E-state index in [1.54, 1.807) is 24.5 Å². The number of benzene rings is 1. The minimum Gasteiger partial charge on any atom is -0.349 e. The average Bonchev–Trinajstić information content (AvgIpc) is 2.57. The molecule has 0 aromatic heterocycles. The standard InChI is InChI=1S/C14H21F2N3O3S2.ClH/c1-23-8-7-12(13(20)18-10-14(15,16)9-17)19-24(21,22)11-5-3-2-4-6-11;/h2-6,12,19H,7-10,17H2,1H3,(H,18,20);1H. The van der Waals surface area contributed by atoms with E-state index >= 15 is 0 Å². The van der Waals surface area contributed by atoms with E-state index in [1.807, 2.05) is 0 Å². The van der Waals surface area contributed by atoms with Crippen LogP contribution in [-0.2, 0) is 14.8 Å². The van der Waals surface area contributed by atoms with E-state index < -0.39 is 41.0 Å². The zero-order valence-corrected chi connectivity index (χ0v) is 16.0. The molecule has 0 aliphatic heterocycles. The summed E-state index contributed by atoms with van der Waals surface area (Å²) < 4.78 is 53.2. The van der Waals surface area contributed by atoms with Crippen molar-refractivity contribution in [3.63, 3.8) is 0 Å². The molecule has 11 heteroatoms. The Morgan fingerprint density at radius 1 is 1.32 bits per heavy atom. The lowest BCUT2D eigenvalue weighted by molar-refractivity contribution is -0.124. The molecular weight excluding hydrogens is 396 g/mol. The largest absolute Gasteiger partial charge is 0.349 e. The third kappa shape index (κ3) is 8.32. The summed E-state index contributed by atoms with van der Waals surface area (Å²) in [6, 6.07) is 6.38.